The molecule has 0 bridgehead atoms. The van der Waals surface area contributed by atoms with Crippen LogP contribution in [0, 0.1) is 5.92 Å². The Morgan fingerprint density at radius 1 is 0.789 bits per heavy atom. The molecule has 0 aliphatic heterocycles. The van der Waals surface area contributed by atoms with E-state index < -0.39 is 17.9 Å². The van der Waals surface area contributed by atoms with Crippen molar-refractivity contribution < 1.29 is 39.8 Å². The van der Waals surface area contributed by atoms with Crippen LogP contribution in [0.3, 0.4) is 0 Å². The van der Waals surface area contributed by atoms with E-state index in [1.807, 2.05) is 68.0 Å². The number of aromatic nitrogens is 1. The molecule has 1 heterocycles. The van der Waals surface area contributed by atoms with Gasteiger partial charge in [-0.3, -0.25) is 4.79 Å². The van der Waals surface area contributed by atoms with Gasteiger partial charge in [0.1, 0.15) is 11.5 Å². The van der Waals surface area contributed by atoms with Gasteiger partial charge in [-0.25, -0.2) is 0 Å². The number of phenolic OH excluding ortho intramolecular Hbond substituents is 3. The van der Waals surface area contributed by atoms with Crippen molar-refractivity contribution in [3.8, 4) is 28.7 Å². The van der Waals surface area contributed by atoms with Gasteiger partial charge < -0.3 is 45.3 Å². The Hall–Kier alpha value is -5.81. The van der Waals surface area contributed by atoms with Gasteiger partial charge in [-0.2, -0.15) is 0 Å². The number of hydrogen-bond acceptors (Lipinski definition) is 9. The molecule has 6 rings (SSSR count). The van der Waals surface area contributed by atoms with Gasteiger partial charge in [0.25, 0.3) is 0 Å². The number of Topliss-reactive ketones (excluding diaryl/α,β-unsaturated/α-hetero) is 1. The largest absolute Gasteiger partial charge is 0.508 e. The number of benzene rings is 5. The fourth-order valence-corrected chi connectivity index (χ4v) is 8.08. The minimum atomic E-state index is -1.07. The van der Waals surface area contributed by atoms with Crippen molar-refractivity contribution in [3.05, 3.63) is 148 Å². The zero-order valence-electron chi connectivity index (χ0n) is 32.7. The van der Waals surface area contributed by atoms with Crippen molar-refractivity contribution in [2.24, 2.45) is 5.92 Å². The number of aliphatic hydroxyl groups is 2. The fourth-order valence-electron chi connectivity index (χ4n) is 8.08. The maximum absolute atomic E-state index is 14.6. The van der Waals surface area contributed by atoms with Gasteiger partial charge in [0.05, 0.1) is 20.3 Å². The molecule has 10 nitrogen and oxygen atoms in total. The van der Waals surface area contributed by atoms with Gasteiger partial charge in [0.15, 0.2) is 23.0 Å². The lowest BCUT2D eigenvalue weighted by Crippen LogP contribution is -2.30. The lowest BCUT2D eigenvalue weighted by Gasteiger charge is -2.27. The van der Waals surface area contributed by atoms with Gasteiger partial charge in [-0.05, 0) is 125 Å². The number of ether oxygens (including phenoxy) is 2. The summed E-state index contributed by atoms with van der Waals surface area (Å²) in [5, 5.41) is 59.2. The molecule has 0 aliphatic rings. The minimum absolute atomic E-state index is 0.00226. The van der Waals surface area contributed by atoms with E-state index in [4.69, 9.17) is 9.47 Å². The number of carbonyl (C=O) groups excluding carboxylic acids is 1. The molecule has 298 valence electrons. The first-order chi connectivity index (χ1) is 27.6. The van der Waals surface area contributed by atoms with Crippen molar-refractivity contribution in [2.75, 3.05) is 27.9 Å². The Bertz CT molecular complexity index is 2280. The highest BCUT2D eigenvalue weighted by Gasteiger charge is 2.30. The van der Waals surface area contributed by atoms with Gasteiger partial charge in [-0.15, -0.1) is 0 Å². The quantitative estimate of drug-likeness (QED) is 0.0464. The highest BCUT2D eigenvalue weighted by Crippen LogP contribution is 2.39. The van der Waals surface area contributed by atoms with Crippen molar-refractivity contribution >= 4 is 16.6 Å². The lowest BCUT2D eigenvalue weighted by molar-refractivity contribution is -0.123. The monoisotopic (exact) mass is 772 g/mol. The molecule has 57 heavy (non-hydrogen) atoms. The minimum Gasteiger partial charge on any atom is -0.508 e. The van der Waals surface area contributed by atoms with E-state index in [9.17, 15) is 30.3 Å². The first-order valence-electron chi connectivity index (χ1n) is 19.3. The molecule has 0 saturated carbocycles. The molecule has 7 N–H and O–H groups in total. The van der Waals surface area contributed by atoms with Crippen molar-refractivity contribution in [2.45, 2.75) is 57.1 Å². The third-order valence-corrected chi connectivity index (χ3v) is 10.8. The molecule has 0 saturated heterocycles. The maximum atomic E-state index is 14.6. The molecular formula is C47H52N2O8. The predicted molar refractivity (Wildman–Crippen MR) is 221 cm³/mol. The van der Waals surface area contributed by atoms with Crippen LogP contribution in [0.2, 0.25) is 0 Å². The summed E-state index contributed by atoms with van der Waals surface area (Å²) in [6.45, 7) is 0.495. The fraction of sp³-hybridized carbons (Fsp3) is 0.298. The Labute approximate surface area is 333 Å². The number of nitrogens with one attached hydrogen (secondary N) is 2. The molecule has 3 atom stereocenters. The first-order valence-corrected chi connectivity index (χ1v) is 19.3. The summed E-state index contributed by atoms with van der Waals surface area (Å²) in [6.07, 6.45) is 4.48. The van der Waals surface area contributed by atoms with E-state index in [0.29, 0.717) is 43.5 Å². The number of rotatable bonds is 19. The number of carbonyl (C=O) groups is 1. The van der Waals surface area contributed by atoms with E-state index in [-0.39, 0.29) is 48.2 Å². The summed E-state index contributed by atoms with van der Waals surface area (Å²) >= 11 is 0. The summed E-state index contributed by atoms with van der Waals surface area (Å²) in [4.78, 5) is 17.7. The van der Waals surface area contributed by atoms with E-state index in [0.717, 1.165) is 49.7 Å². The highest BCUT2D eigenvalue weighted by molar-refractivity contribution is 5.89. The average Bonchev–Trinajstić information content (AvgIpc) is 3.71. The van der Waals surface area contributed by atoms with Crippen LogP contribution in [0.25, 0.3) is 10.8 Å². The van der Waals surface area contributed by atoms with Crippen molar-refractivity contribution in [3.63, 3.8) is 0 Å². The molecule has 5 aromatic carbocycles. The SMILES string of the molecule is CNCc1cc(O)cc([C@@H](Cc2ccc(O)c(OC)c2)C(=O)C[C@@H](O)[C@H](Cc2cc[nH]c2)Cc2ccc(O)c(OC)c2Cc2cccc3cccc(CCO)c23)c1. The first kappa shape index (κ1) is 40.8. The third kappa shape index (κ3) is 9.78. The predicted octanol–water partition coefficient (Wildman–Crippen LogP) is 6.89. The van der Waals surface area contributed by atoms with Crippen LogP contribution in [0.5, 0.6) is 28.7 Å². The molecule has 0 fully saturated rings. The molecule has 0 spiro atoms. The molecule has 10 heteroatoms. The number of fused-ring (bicyclic) bond motifs is 1. The van der Waals surface area contributed by atoms with Crippen LogP contribution in [0.15, 0.2) is 103 Å². The zero-order valence-corrected chi connectivity index (χ0v) is 32.7. The smallest absolute Gasteiger partial charge is 0.164 e. The summed E-state index contributed by atoms with van der Waals surface area (Å²) in [5.41, 5.74) is 6.82. The topological polar surface area (TPSA) is 164 Å². The number of aromatic amines is 1. The van der Waals surface area contributed by atoms with Crippen molar-refractivity contribution in [1.29, 1.82) is 0 Å². The van der Waals surface area contributed by atoms with E-state index in [2.05, 4.69) is 16.4 Å². The molecule has 0 radical (unpaired) electrons. The summed E-state index contributed by atoms with van der Waals surface area (Å²) in [6, 6.07) is 27.7. The molecule has 6 aromatic rings. The van der Waals surface area contributed by atoms with Crippen LogP contribution >= 0.6 is 0 Å². The Morgan fingerprint density at radius 3 is 2.26 bits per heavy atom. The number of phenols is 3. The number of ketones is 1. The van der Waals surface area contributed by atoms with E-state index >= 15 is 0 Å². The second-order valence-electron chi connectivity index (χ2n) is 14.7. The van der Waals surface area contributed by atoms with Gasteiger partial charge >= 0.3 is 0 Å². The molecular weight excluding hydrogens is 721 g/mol. The second kappa shape index (κ2) is 18.9. The van der Waals surface area contributed by atoms with Crippen LogP contribution in [0.1, 0.15) is 56.8 Å². The average molecular weight is 773 g/mol. The van der Waals surface area contributed by atoms with Gasteiger partial charge in [-0.1, -0.05) is 54.6 Å². The Morgan fingerprint density at radius 2 is 1.56 bits per heavy atom. The number of aromatic hydroxyl groups is 3. The van der Waals surface area contributed by atoms with Crippen LogP contribution in [-0.4, -0.2) is 70.3 Å². The summed E-state index contributed by atoms with van der Waals surface area (Å²) < 4.78 is 11.2. The lowest BCUT2D eigenvalue weighted by atomic mass is 9.80. The Balaban J connectivity index is 1.36. The zero-order chi connectivity index (χ0) is 40.5. The number of aliphatic hydroxyl groups excluding tert-OH is 2. The number of H-pyrrole nitrogens is 1. The van der Waals surface area contributed by atoms with Crippen molar-refractivity contribution in [1.82, 2.24) is 10.3 Å². The molecule has 0 unspecified atom stereocenters. The molecule has 1 aromatic heterocycles. The van der Waals surface area contributed by atoms with Crippen LogP contribution in [0.4, 0.5) is 0 Å². The Kier molecular flexibility index (Phi) is 13.5. The van der Waals surface area contributed by atoms with E-state index in [1.54, 1.807) is 30.3 Å². The highest BCUT2D eigenvalue weighted by atomic mass is 16.5. The van der Waals surface area contributed by atoms with Crippen LogP contribution < -0.4 is 14.8 Å². The van der Waals surface area contributed by atoms with Gasteiger partial charge in [0, 0.05) is 49.9 Å². The van der Waals surface area contributed by atoms with E-state index in [1.165, 1.54) is 20.3 Å². The maximum Gasteiger partial charge on any atom is 0.164 e. The standard InChI is InChI=1S/C47H52N2O8/c1-48-27-31-19-36(24-38(51)20-31)39(21-29-10-12-41(52)45(22-29)56-2)44(55)26-43(54)37(18-30-14-16-49-28-30)23-34-11-13-42(53)47(57-3)40(34)25-35-9-5-7-32-6-4-8-33(15-17-50)46(32)35/h4-14,16,19-20,22,24,28,37,39,43,48-54H,15,17-18,21,23,25-27H2,1-3H3/t37-,39-,43-/m1/s1. The molecule has 0 amide bonds. The normalized spacial score (nSPS) is 13.0. The van der Waals surface area contributed by atoms with Crippen LogP contribution in [-0.2, 0) is 43.4 Å². The summed E-state index contributed by atoms with van der Waals surface area (Å²) in [5.74, 6) is -0.703. The number of methoxy groups -OCH3 is 2. The van der Waals surface area contributed by atoms with Gasteiger partial charge in [0.2, 0.25) is 0 Å². The number of hydrogen-bond donors (Lipinski definition) is 7. The summed E-state index contributed by atoms with van der Waals surface area (Å²) in [7, 11) is 4.80. The molecule has 0 aliphatic carbocycles. The second-order valence-corrected chi connectivity index (χ2v) is 14.7. The third-order valence-electron chi connectivity index (χ3n) is 10.8.